The number of alkyl halides is 2. The Kier molecular flexibility index (Phi) is 1.02. The zero-order valence-electron chi connectivity index (χ0n) is 5.67. The van der Waals surface area contributed by atoms with Crippen LogP contribution in [0.5, 0.6) is 0 Å². The maximum absolute atomic E-state index is 12.4. The van der Waals surface area contributed by atoms with E-state index in [9.17, 15) is 8.78 Å². The molecule has 0 radical (unpaired) electrons. The van der Waals surface area contributed by atoms with Crippen molar-refractivity contribution in [2.45, 2.75) is 26.2 Å². The van der Waals surface area contributed by atoms with Crippen LogP contribution in [0.25, 0.3) is 0 Å². The van der Waals surface area contributed by atoms with Gasteiger partial charge in [0.05, 0.1) is 5.41 Å². The molecule has 0 aromatic rings. The van der Waals surface area contributed by atoms with E-state index < -0.39 is 11.3 Å². The lowest BCUT2D eigenvalue weighted by molar-refractivity contribution is 0.0814. The zero-order valence-corrected chi connectivity index (χ0v) is 5.67. The lowest BCUT2D eigenvalue weighted by Gasteiger charge is -2.07. The normalized spacial score (nSPS) is 38.2. The lowest BCUT2D eigenvalue weighted by atomic mass is 10.0. The summed E-state index contributed by atoms with van der Waals surface area (Å²) in [6.07, 6.45) is -0.0185. The molecule has 52 valence electrons. The molecule has 1 aliphatic carbocycles. The highest BCUT2D eigenvalue weighted by Crippen LogP contribution is 2.63. The van der Waals surface area contributed by atoms with Gasteiger partial charge in [-0.25, -0.2) is 8.78 Å². The Morgan fingerprint density at radius 3 is 1.89 bits per heavy atom. The molecule has 0 aromatic heterocycles. The smallest absolute Gasteiger partial charge is 0.206 e. The van der Waals surface area contributed by atoms with Crippen molar-refractivity contribution in [3.05, 3.63) is 12.2 Å². The van der Waals surface area contributed by atoms with Gasteiger partial charge in [0.25, 0.3) is 5.92 Å². The lowest BCUT2D eigenvalue weighted by Crippen LogP contribution is -2.06. The summed E-state index contributed by atoms with van der Waals surface area (Å²) in [5, 5.41) is 0. The van der Waals surface area contributed by atoms with E-state index in [0.29, 0.717) is 5.57 Å². The molecule has 0 aliphatic heterocycles. The van der Waals surface area contributed by atoms with Gasteiger partial charge >= 0.3 is 0 Å². The Bertz CT molecular complexity index is 160. The molecule has 0 amide bonds. The molecular weight excluding hydrogens is 122 g/mol. The molecule has 0 N–H and O–H groups in total. The Balaban J connectivity index is 2.74. The van der Waals surface area contributed by atoms with Gasteiger partial charge in [0.2, 0.25) is 0 Å². The van der Waals surface area contributed by atoms with Crippen molar-refractivity contribution in [1.29, 1.82) is 0 Å². The van der Waals surface area contributed by atoms with Crippen molar-refractivity contribution >= 4 is 0 Å². The summed E-state index contributed by atoms with van der Waals surface area (Å²) < 4.78 is 24.7. The number of halogens is 2. The van der Waals surface area contributed by atoms with E-state index in [2.05, 4.69) is 6.58 Å². The van der Waals surface area contributed by atoms with E-state index >= 15 is 0 Å². The third kappa shape index (κ3) is 0.689. The predicted octanol–water partition coefficient (Wildman–Crippen LogP) is 2.61. The first-order valence-corrected chi connectivity index (χ1v) is 2.94. The predicted molar refractivity (Wildman–Crippen MR) is 32.5 cm³/mol. The number of rotatable bonds is 1. The first-order chi connectivity index (χ1) is 3.90. The van der Waals surface area contributed by atoms with Crippen LogP contribution in [0.2, 0.25) is 0 Å². The number of hydrogen-bond acceptors (Lipinski definition) is 0. The van der Waals surface area contributed by atoms with Crippen LogP contribution in [-0.2, 0) is 0 Å². The average molecular weight is 132 g/mol. The second-order valence-corrected chi connectivity index (χ2v) is 2.99. The molecule has 1 atom stereocenters. The summed E-state index contributed by atoms with van der Waals surface area (Å²) in [6.45, 7) is 6.71. The first kappa shape index (κ1) is 6.72. The molecule has 1 fully saturated rings. The van der Waals surface area contributed by atoms with Gasteiger partial charge < -0.3 is 0 Å². The van der Waals surface area contributed by atoms with Gasteiger partial charge in [-0.15, -0.1) is 0 Å². The van der Waals surface area contributed by atoms with Crippen molar-refractivity contribution in [3.63, 3.8) is 0 Å². The fourth-order valence-electron chi connectivity index (χ4n) is 0.863. The van der Waals surface area contributed by atoms with Gasteiger partial charge in [-0.1, -0.05) is 12.2 Å². The highest BCUT2D eigenvalue weighted by atomic mass is 19.3. The molecule has 0 spiro atoms. The molecule has 1 saturated carbocycles. The van der Waals surface area contributed by atoms with Gasteiger partial charge in [-0.05, 0) is 13.8 Å². The second kappa shape index (κ2) is 1.36. The van der Waals surface area contributed by atoms with Gasteiger partial charge in [0.1, 0.15) is 0 Å². The Morgan fingerprint density at radius 1 is 1.56 bits per heavy atom. The van der Waals surface area contributed by atoms with E-state index in [4.69, 9.17) is 0 Å². The molecule has 0 aromatic carbocycles. The van der Waals surface area contributed by atoms with Crippen LogP contribution in [0, 0.1) is 5.41 Å². The Hall–Kier alpha value is -0.400. The molecule has 0 nitrogen and oxygen atoms in total. The maximum Gasteiger partial charge on any atom is 0.258 e. The summed E-state index contributed by atoms with van der Waals surface area (Å²) >= 11 is 0. The number of hydrogen-bond donors (Lipinski definition) is 0. The van der Waals surface area contributed by atoms with E-state index in [0.717, 1.165) is 0 Å². The maximum atomic E-state index is 12.4. The standard InChI is InChI=1S/C7H10F2/c1-5(2)6(3)4-7(6,8)9/h1,4H2,2-3H3. The van der Waals surface area contributed by atoms with Crippen LogP contribution in [0.15, 0.2) is 12.2 Å². The topological polar surface area (TPSA) is 0 Å². The highest BCUT2D eigenvalue weighted by molar-refractivity contribution is 5.24. The van der Waals surface area contributed by atoms with Gasteiger partial charge in [0.15, 0.2) is 0 Å². The number of allylic oxidation sites excluding steroid dienone is 1. The van der Waals surface area contributed by atoms with Crippen LogP contribution >= 0.6 is 0 Å². The molecule has 9 heavy (non-hydrogen) atoms. The van der Waals surface area contributed by atoms with Crippen LogP contribution in [0.1, 0.15) is 20.3 Å². The van der Waals surface area contributed by atoms with Crippen molar-refractivity contribution in [1.82, 2.24) is 0 Å². The van der Waals surface area contributed by atoms with Crippen molar-refractivity contribution in [2.24, 2.45) is 5.41 Å². The minimum atomic E-state index is -2.47. The van der Waals surface area contributed by atoms with Crippen molar-refractivity contribution < 1.29 is 8.78 Å². The van der Waals surface area contributed by atoms with E-state index in [-0.39, 0.29) is 6.42 Å². The van der Waals surface area contributed by atoms with E-state index in [1.807, 2.05) is 0 Å². The van der Waals surface area contributed by atoms with Gasteiger partial charge in [0, 0.05) is 6.42 Å². The first-order valence-electron chi connectivity index (χ1n) is 2.94. The van der Waals surface area contributed by atoms with E-state index in [1.165, 1.54) is 0 Å². The average Bonchev–Trinajstić information content (AvgIpc) is 2.08. The summed E-state index contributed by atoms with van der Waals surface area (Å²) in [5.41, 5.74) is -0.292. The summed E-state index contributed by atoms with van der Waals surface area (Å²) in [6, 6.07) is 0. The quantitative estimate of drug-likeness (QED) is 0.481. The van der Waals surface area contributed by atoms with Crippen LogP contribution < -0.4 is 0 Å². The summed E-state index contributed by atoms with van der Waals surface area (Å²) in [7, 11) is 0. The van der Waals surface area contributed by atoms with Crippen molar-refractivity contribution in [3.8, 4) is 0 Å². The fourth-order valence-corrected chi connectivity index (χ4v) is 0.863. The molecule has 0 bridgehead atoms. The molecule has 0 heterocycles. The highest BCUT2D eigenvalue weighted by Gasteiger charge is 2.68. The van der Waals surface area contributed by atoms with Gasteiger partial charge in [-0.3, -0.25) is 0 Å². The van der Waals surface area contributed by atoms with Crippen LogP contribution in [0.4, 0.5) is 8.78 Å². The molecule has 1 unspecified atom stereocenters. The second-order valence-electron chi connectivity index (χ2n) is 2.99. The van der Waals surface area contributed by atoms with E-state index in [1.54, 1.807) is 13.8 Å². The minimum absolute atomic E-state index is 0.0185. The van der Waals surface area contributed by atoms with Crippen LogP contribution in [0.3, 0.4) is 0 Å². The largest absolute Gasteiger partial charge is 0.258 e. The molecule has 0 saturated heterocycles. The molecule has 1 rings (SSSR count). The monoisotopic (exact) mass is 132 g/mol. The minimum Gasteiger partial charge on any atom is -0.206 e. The Labute approximate surface area is 53.6 Å². The fraction of sp³-hybridized carbons (Fsp3) is 0.714. The molecule has 1 aliphatic rings. The molecular formula is C7H10F2. The summed E-state index contributed by atoms with van der Waals surface area (Å²) in [5.74, 6) is -2.47. The Morgan fingerprint density at radius 2 is 1.89 bits per heavy atom. The van der Waals surface area contributed by atoms with Crippen molar-refractivity contribution in [2.75, 3.05) is 0 Å². The third-order valence-corrected chi connectivity index (χ3v) is 2.20. The zero-order chi connectivity index (χ0) is 7.28. The van der Waals surface area contributed by atoms with Crippen LogP contribution in [-0.4, -0.2) is 5.92 Å². The molecule has 2 heteroatoms. The SMILES string of the molecule is C=C(C)C1(C)CC1(F)F. The summed E-state index contributed by atoms with van der Waals surface area (Å²) in [4.78, 5) is 0. The van der Waals surface area contributed by atoms with Gasteiger partial charge in [-0.2, -0.15) is 0 Å². The third-order valence-electron chi connectivity index (χ3n) is 2.20.